The lowest BCUT2D eigenvalue weighted by Gasteiger charge is -2.54. The van der Waals surface area contributed by atoms with E-state index in [-0.39, 0.29) is 45.8 Å². The van der Waals surface area contributed by atoms with E-state index in [9.17, 15) is 9.90 Å². The molecule has 4 rings (SSSR count). The summed E-state index contributed by atoms with van der Waals surface area (Å²) in [4.78, 5) is 17.8. The summed E-state index contributed by atoms with van der Waals surface area (Å²) in [6.07, 6.45) is 4.76. The Kier molecular flexibility index (Phi) is 8.62. The Morgan fingerprint density at radius 3 is 2.33 bits per heavy atom. The number of carbonyl (C=O) groups is 1. The number of ketones is 1. The zero-order valence-corrected chi connectivity index (χ0v) is 28.6. The van der Waals surface area contributed by atoms with Gasteiger partial charge in [0.15, 0.2) is 20.3 Å². The number of rotatable bonds is 7. The average molecular weight is 593 g/mol. The van der Waals surface area contributed by atoms with Crippen molar-refractivity contribution in [2.45, 2.75) is 141 Å². The largest absolute Gasteiger partial charge is 0.407 e. The van der Waals surface area contributed by atoms with Crippen molar-refractivity contribution in [2.24, 2.45) is 4.99 Å². The topological polar surface area (TPSA) is 91.5 Å². The Morgan fingerprint density at radius 1 is 1.10 bits per heavy atom. The second-order valence-corrected chi connectivity index (χ2v) is 24.8. The molecule has 2 fully saturated rings. The molecule has 1 N–H and O–H groups in total. The van der Waals surface area contributed by atoms with Gasteiger partial charge in [0, 0.05) is 35.5 Å². The van der Waals surface area contributed by atoms with Crippen molar-refractivity contribution in [3.63, 3.8) is 0 Å². The van der Waals surface area contributed by atoms with E-state index in [1.807, 2.05) is 10.8 Å². The van der Waals surface area contributed by atoms with E-state index < -0.39 is 23.1 Å². The minimum absolute atomic E-state index is 0.0108. The third kappa shape index (κ3) is 5.49. The van der Waals surface area contributed by atoms with Gasteiger partial charge in [-0.15, -0.1) is 0 Å². The molecule has 4 heterocycles. The Balaban J connectivity index is 1.82. The highest BCUT2D eigenvalue weighted by Crippen LogP contribution is 2.57. The summed E-state index contributed by atoms with van der Waals surface area (Å²) in [6.45, 7) is 25.2. The molecule has 0 saturated carbocycles. The van der Waals surface area contributed by atoms with Gasteiger partial charge in [-0.25, -0.2) is 4.99 Å². The number of hydrogen-bond donors (Lipinski definition) is 1. The molecule has 4 atom stereocenters. The average Bonchev–Trinajstić information content (AvgIpc) is 3.35. The van der Waals surface area contributed by atoms with Crippen molar-refractivity contribution in [1.82, 2.24) is 4.57 Å². The fourth-order valence-corrected chi connectivity index (χ4v) is 12.6. The predicted octanol–water partition coefficient (Wildman–Crippen LogP) is 6.84. The standard InChI is InChI=1S/C30H52N2O6Si2/c1-28(2,3)39(10,11)37-25-24-22(19-35-40(38-24,29(4,5)6)30(7,8)9)36-27(25)32-18-20(14-12-13-17-33)23-21(34)15-16-31-26(23)32/h16,18,22,24-25,27,33H,12-15,17,19H2,1-11H3/t22-,24-,25-,27-/m1/s1. The molecule has 0 aromatic carbocycles. The summed E-state index contributed by atoms with van der Waals surface area (Å²) in [5.41, 5.74) is 1.63. The van der Waals surface area contributed by atoms with Crippen LogP contribution < -0.4 is 0 Å². The van der Waals surface area contributed by atoms with Gasteiger partial charge in [0.25, 0.3) is 0 Å². The third-order valence-corrected chi connectivity index (χ3v) is 18.8. The number of aliphatic imine (C=N–C) groups is 1. The molecule has 0 bridgehead atoms. The number of aliphatic hydroxyl groups is 1. The van der Waals surface area contributed by atoms with Crippen LogP contribution >= 0.6 is 0 Å². The molecule has 0 amide bonds. The number of aryl methyl sites for hydroxylation is 1. The molecular weight excluding hydrogens is 541 g/mol. The number of ether oxygens (including phenoxy) is 1. The number of aliphatic hydroxyl groups excluding tert-OH is 1. The normalized spacial score (nSPS) is 27.1. The first-order chi connectivity index (χ1) is 18.3. The Bertz CT molecular complexity index is 1110. The zero-order valence-electron chi connectivity index (χ0n) is 26.6. The Labute approximate surface area is 243 Å². The summed E-state index contributed by atoms with van der Waals surface area (Å²) in [5, 5.41) is 9.00. The lowest BCUT2D eigenvalue weighted by atomic mass is 10.0. The van der Waals surface area contributed by atoms with E-state index in [1.54, 1.807) is 6.21 Å². The monoisotopic (exact) mass is 592 g/mol. The van der Waals surface area contributed by atoms with E-state index in [0.717, 1.165) is 12.0 Å². The van der Waals surface area contributed by atoms with Gasteiger partial charge in [0.05, 0.1) is 12.2 Å². The number of aromatic nitrogens is 1. The van der Waals surface area contributed by atoms with Crippen LogP contribution in [0.3, 0.4) is 0 Å². The van der Waals surface area contributed by atoms with Crippen LogP contribution in [0.1, 0.15) is 104 Å². The maximum atomic E-state index is 13.1. The fourth-order valence-electron chi connectivity index (χ4n) is 6.32. The predicted molar refractivity (Wildman–Crippen MR) is 164 cm³/mol. The first kappa shape index (κ1) is 31.8. The number of carbonyl (C=O) groups excluding carboxylic acids is 1. The van der Waals surface area contributed by atoms with Gasteiger partial charge >= 0.3 is 8.56 Å². The Hall–Kier alpha value is -1.15. The summed E-state index contributed by atoms with van der Waals surface area (Å²) in [7, 11) is -5.04. The molecule has 1 aromatic rings. The molecule has 0 spiro atoms. The quantitative estimate of drug-likeness (QED) is 0.275. The first-order valence-electron chi connectivity index (χ1n) is 14.9. The van der Waals surface area contributed by atoms with Crippen LogP contribution in [0.4, 0.5) is 5.82 Å². The smallest absolute Gasteiger partial charge is 0.349 e. The van der Waals surface area contributed by atoms with Crippen molar-refractivity contribution in [3.8, 4) is 0 Å². The van der Waals surface area contributed by atoms with Crippen LogP contribution in [-0.4, -0.2) is 70.1 Å². The Morgan fingerprint density at radius 2 is 1.75 bits per heavy atom. The molecule has 1 aromatic heterocycles. The van der Waals surface area contributed by atoms with Gasteiger partial charge < -0.3 is 27.7 Å². The maximum Gasteiger partial charge on any atom is 0.349 e. The van der Waals surface area contributed by atoms with Crippen molar-refractivity contribution < 1.29 is 27.9 Å². The van der Waals surface area contributed by atoms with E-state index >= 15 is 0 Å². The second-order valence-electron chi connectivity index (χ2n) is 15.3. The van der Waals surface area contributed by atoms with Gasteiger partial charge in [0.1, 0.15) is 24.1 Å². The van der Waals surface area contributed by atoms with Gasteiger partial charge in [-0.2, -0.15) is 0 Å². The third-order valence-electron chi connectivity index (χ3n) is 9.23. The minimum atomic E-state index is -2.78. The van der Waals surface area contributed by atoms with E-state index in [4.69, 9.17) is 23.0 Å². The molecular formula is C30H52N2O6Si2. The number of nitrogens with zero attached hydrogens (tertiary/aromatic N) is 2. The molecule has 40 heavy (non-hydrogen) atoms. The highest BCUT2D eigenvalue weighted by molar-refractivity contribution is 6.74. The van der Waals surface area contributed by atoms with Crippen molar-refractivity contribution in [3.05, 3.63) is 17.3 Å². The van der Waals surface area contributed by atoms with Gasteiger partial charge in [-0.05, 0) is 43.0 Å². The first-order valence-corrected chi connectivity index (χ1v) is 19.6. The molecule has 2 saturated heterocycles. The highest BCUT2D eigenvalue weighted by atomic mass is 28.4. The summed E-state index contributed by atoms with van der Waals surface area (Å²) < 4.78 is 30.0. The molecule has 8 nitrogen and oxygen atoms in total. The van der Waals surface area contributed by atoms with Crippen molar-refractivity contribution in [2.75, 3.05) is 13.2 Å². The van der Waals surface area contributed by atoms with E-state index in [2.05, 4.69) is 75.4 Å². The number of fused-ring (bicyclic) bond motifs is 2. The van der Waals surface area contributed by atoms with E-state index in [0.29, 0.717) is 37.3 Å². The lowest BCUT2D eigenvalue weighted by molar-refractivity contribution is -0.0797. The zero-order chi connectivity index (χ0) is 29.9. The van der Waals surface area contributed by atoms with Crippen LogP contribution in [0.25, 0.3) is 0 Å². The van der Waals surface area contributed by atoms with E-state index in [1.165, 1.54) is 0 Å². The van der Waals surface area contributed by atoms with Crippen LogP contribution in [-0.2, 0) is 24.4 Å². The van der Waals surface area contributed by atoms with Crippen LogP contribution in [0.2, 0.25) is 28.2 Å². The number of unbranched alkanes of at least 4 members (excludes halogenated alkanes) is 1. The molecule has 3 aliphatic rings. The fraction of sp³-hybridized carbons (Fsp3) is 0.800. The van der Waals surface area contributed by atoms with Gasteiger partial charge in [-0.3, -0.25) is 4.79 Å². The van der Waals surface area contributed by atoms with Crippen molar-refractivity contribution in [1.29, 1.82) is 0 Å². The second kappa shape index (κ2) is 10.8. The summed E-state index contributed by atoms with van der Waals surface area (Å²) >= 11 is 0. The number of hydrogen-bond acceptors (Lipinski definition) is 7. The molecule has 3 aliphatic heterocycles. The highest BCUT2D eigenvalue weighted by Gasteiger charge is 2.66. The summed E-state index contributed by atoms with van der Waals surface area (Å²) in [6, 6.07) is 0. The van der Waals surface area contributed by atoms with Crippen LogP contribution in [0.15, 0.2) is 11.2 Å². The van der Waals surface area contributed by atoms with Gasteiger partial charge in [0.2, 0.25) is 0 Å². The molecule has 0 radical (unpaired) electrons. The minimum Gasteiger partial charge on any atom is -0.407 e. The molecule has 226 valence electrons. The van der Waals surface area contributed by atoms with Crippen LogP contribution in [0, 0.1) is 0 Å². The maximum absolute atomic E-state index is 13.1. The van der Waals surface area contributed by atoms with Crippen molar-refractivity contribution >= 4 is 34.7 Å². The number of Topliss-reactive ketones (excluding diaryl/α,β-unsaturated/α-hetero) is 1. The lowest BCUT2D eigenvalue weighted by Crippen LogP contribution is -2.66. The van der Waals surface area contributed by atoms with Gasteiger partial charge in [-0.1, -0.05) is 62.3 Å². The summed E-state index contributed by atoms with van der Waals surface area (Å²) in [5.74, 6) is 0.713. The molecule has 10 heteroatoms. The molecule has 0 unspecified atom stereocenters. The van der Waals surface area contributed by atoms with Crippen LogP contribution in [0.5, 0.6) is 0 Å². The SMILES string of the molecule is CC(C)(C)[Si](C)(C)O[C@@H]1[C@@H]2O[Si](C(C)(C)C)(C(C)(C)C)OC[C@H]2O[C@H]1n1cc(CCCCO)c2c1N=CCC2=O. The molecule has 0 aliphatic carbocycles.